The third-order valence-corrected chi connectivity index (χ3v) is 9.39. The molecule has 0 bridgehead atoms. The van der Waals surface area contributed by atoms with E-state index in [0.29, 0.717) is 38.4 Å². The maximum absolute atomic E-state index is 13.7. The van der Waals surface area contributed by atoms with Crippen molar-refractivity contribution in [2.45, 2.75) is 62.4 Å². The van der Waals surface area contributed by atoms with E-state index in [1.54, 1.807) is 9.80 Å². The van der Waals surface area contributed by atoms with Crippen molar-refractivity contribution in [1.29, 1.82) is 0 Å². The van der Waals surface area contributed by atoms with Gasteiger partial charge in [0.2, 0.25) is 5.91 Å². The Morgan fingerprint density at radius 1 is 1.00 bits per heavy atom. The second kappa shape index (κ2) is 9.69. The van der Waals surface area contributed by atoms with Crippen LogP contribution in [0.15, 0.2) is 30.3 Å². The molecule has 0 radical (unpaired) electrons. The number of aliphatic carboxylic acids is 1. The lowest BCUT2D eigenvalue weighted by Gasteiger charge is -2.51. The van der Waals surface area contributed by atoms with Gasteiger partial charge in [-0.1, -0.05) is 30.3 Å². The molecule has 1 spiro atoms. The van der Waals surface area contributed by atoms with E-state index in [1.165, 1.54) is 18.4 Å². The minimum absolute atomic E-state index is 0.00716. The molecule has 0 aromatic heterocycles. The summed E-state index contributed by atoms with van der Waals surface area (Å²) in [5.41, 5.74) is 1.07. The Kier molecular flexibility index (Phi) is 6.74. The summed E-state index contributed by atoms with van der Waals surface area (Å²) in [6.45, 7) is 2.41. The first-order chi connectivity index (χ1) is 17.2. The summed E-state index contributed by atoms with van der Waals surface area (Å²) in [6.07, 6.45) is 7.13. The first-order valence-electron chi connectivity index (χ1n) is 13.5. The molecule has 0 unspecified atom stereocenters. The summed E-state index contributed by atoms with van der Waals surface area (Å²) in [7, 11) is 4.32. The van der Waals surface area contributed by atoms with Crippen LogP contribution in [-0.4, -0.2) is 95.0 Å². The normalized spacial score (nSPS) is 29.4. The van der Waals surface area contributed by atoms with Crippen LogP contribution in [0.4, 0.5) is 4.79 Å². The van der Waals surface area contributed by atoms with Gasteiger partial charge < -0.3 is 19.8 Å². The number of rotatable bonds is 7. The van der Waals surface area contributed by atoms with Crippen LogP contribution in [0.25, 0.3) is 0 Å². The number of carboxylic acids is 1. The number of piperidine rings is 1. The molecule has 8 nitrogen and oxygen atoms in total. The number of carbonyl (C=O) groups is 3. The first kappa shape index (κ1) is 25.1. The van der Waals surface area contributed by atoms with Crippen molar-refractivity contribution in [2.24, 2.45) is 11.8 Å². The van der Waals surface area contributed by atoms with Crippen LogP contribution in [0, 0.1) is 11.8 Å². The average Bonchev–Trinajstić information content (AvgIpc) is 3.68. The molecule has 2 heterocycles. The van der Waals surface area contributed by atoms with Gasteiger partial charge in [-0.15, -0.1) is 0 Å². The predicted molar refractivity (Wildman–Crippen MR) is 136 cm³/mol. The molecular formula is C28H40N4O4. The molecule has 2 aliphatic carbocycles. The fourth-order valence-electron chi connectivity index (χ4n) is 6.77. The van der Waals surface area contributed by atoms with E-state index >= 15 is 0 Å². The van der Waals surface area contributed by atoms with Gasteiger partial charge in [0.1, 0.15) is 6.54 Å². The van der Waals surface area contributed by atoms with Gasteiger partial charge in [0.05, 0.1) is 11.5 Å². The van der Waals surface area contributed by atoms with Gasteiger partial charge in [-0.05, 0) is 76.9 Å². The molecular weight excluding hydrogens is 456 g/mol. The molecule has 8 heteroatoms. The highest BCUT2D eigenvalue weighted by molar-refractivity contribution is 5.86. The molecule has 36 heavy (non-hydrogen) atoms. The molecule has 1 aromatic carbocycles. The van der Waals surface area contributed by atoms with Crippen molar-refractivity contribution < 1.29 is 19.5 Å². The zero-order valence-electron chi connectivity index (χ0n) is 21.7. The van der Waals surface area contributed by atoms with Crippen LogP contribution in [-0.2, 0) is 15.1 Å². The van der Waals surface area contributed by atoms with E-state index in [9.17, 15) is 19.5 Å². The van der Waals surface area contributed by atoms with Crippen LogP contribution >= 0.6 is 0 Å². The van der Waals surface area contributed by atoms with Crippen molar-refractivity contribution in [3.05, 3.63) is 35.9 Å². The van der Waals surface area contributed by atoms with Crippen molar-refractivity contribution in [3.8, 4) is 0 Å². The number of nitrogens with zero attached hydrogens (tertiary/aromatic N) is 4. The van der Waals surface area contributed by atoms with Crippen molar-refractivity contribution in [2.75, 3.05) is 46.8 Å². The Morgan fingerprint density at radius 2 is 1.64 bits per heavy atom. The zero-order chi connectivity index (χ0) is 25.5. The molecule has 4 aliphatic rings. The number of hydrogen-bond donors (Lipinski definition) is 1. The third kappa shape index (κ3) is 4.60. The largest absolute Gasteiger partial charge is 0.481 e. The Labute approximate surface area is 214 Å². The molecule has 4 fully saturated rings. The number of urea groups is 1. The summed E-state index contributed by atoms with van der Waals surface area (Å²) in [4.78, 5) is 46.0. The van der Waals surface area contributed by atoms with E-state index in [1.807, 2.05) is 0 Å². The van der Waals surface area contributed by atoms with Crippen LogP contribution in [0.2, 0.25) is 0 Å². The van der Waals surface area contributed by atoms with Crippen LogP contribution in [0.5, 0.6) is 0 Å². The number of benzene rings is 1. The summed E-state index contributed by atoms with van der Waals surface area (Å²) < 4.78 is 0. The molecule has 1 N–H and O–H groups in total. The summed E-state index contributed by atoms with van der Waals surface area (Å²) in [5.74, 6) is -0.621. The SMILES string of the molecule is CN(C)C1(c2ccccc2)CCC2(CC1)CN(CC(=O)N1CCC(C(=O)O)CC1)C(=O)N2CC1CC1. The predicted octanol–water partition coefficient (Wildman–Crippen LogP) is 3.23. The number of amides is 3. The maximum Gasteiger partial charge on any atom is 0.321 e. The molecule has 3 amide bonds. The van der Waals surface area contributed by atoms with E-state index in [-0.39, 0.29) is 35.5 Å². The average molecular weight is 497 g/mol. The minimum atomic E-state index is -0.781. The van der Waals surface area contributed by atoms with E-state index in [2.05, 4.69) is 54.2 Å². The van der Waals surface area contributed by atoms with E-state index in [4.69, 9.17) is 0 Å². The zero-order valence-corrected chi connectivity index (χ0v) is 21.7. The maximum atomic E-state index is 13.7. The second-order valence-electron chi connectivity index (χ2n) is 11.7. The summed E-state index contributed by atoms with van der Waals surface area (Å²) in [6, 6.07) is 10.7. The number of likely N-dealkylation sites (tertiary alicyclic amines) is 1. The van der Waals surface area contributed by atoms with E-state index in [0.717, 1.165) is 32.2 Å². The van der Waals surface area contributed by atoms with Gasteiger partial charge in [0.25, 0.3) is 0 Å². The summed E-state index contributed by atoms with van der Waals surface area (Å²) >= 11 is 0. The standard InChI is InChI=1S/C28H40N4O4/c1-29(2)28(23-6-4-3-5-7-23)14-12-27(13-15-28)20-31(26(36)32(27)18-21-8-9-21)19-24(33)30-16-10-22(11-17-30)25(34)35/h3-7,21-22H,8-20H2,1-2H3,(H,34,35). The van der Waals surface area contributed by atoms with Gasteiger partial charge in [-0.3, -0.25) is 14.5 Å². The highest BCUT2D eigenvalue weighted by Crippen LogP contribution is 2.49. The Morgan fingerprint density at radius 3 is 2.19 bits per heavy atom. The molecule has 2 saturated heterocycles. The third-order valence-electron chi connectivity index (χ3n) is 9.39. The second-order valence-corrected chi connectivity index (χ2v) is 11.7. The van der Waals surface area contributed by atoms with Gasteiger partial charge in [-0.25, -0.2) is 4.79 Å². The van der Waals surface area contributed by atoms with E-state index < -0.39 is 5.97 Å². The van der Waals surface area contributed by atoms with Gasteiger partial charge in [0.15, 0.2) is 0 Å². The lowest BCUT2D eigenvalue weighted by Crippen LogP contribution is -2.55. The number of hydrogen-bond acceptors (Lipinski definition) is 4. The highest BCUT2D eigenvalue weighted by Gasteiger charge is 2.55. The van der Waals surface area contributed by atoms with Crippen molar-refractivity contribution in [1.82, 2.24) is 19.6 Å². The lowest BCUT2D eigenvalue weighted by molar-refractivity contribution is -0.145. The number of carboxylic acid groups (broad SMARTS) is 1. The fraction of sp³-hybridized carbons (Fsp3) is 0.679. The van der Waals surface area contributed by atoms with Crippen molar-refractivity contribution in [3.63, 3.8) is 0 Å². The first-order valence-corrected chi connectivity index (χ1v) is 13.5. The minimum Gasteiger partial charge on any atom is -0.481 e. The monoisotopic (exact) mass is 496 g/mol. The summed E-state index contributed by atoms with van der Waals surface area (Å²) in [5, 5.41) is 9.25. The van der Waals surface area contributed by atoms with Gasteiger partial charge in [0, 0.05) is 31.7 Å². The molecule has 196 valence electrons. The molecule has 5 rings (SSSR count). The van der Waals surface area contributed by atoms with Crippen LogP contribution < -0.4 is 0 Å². The van der Waals surface area contributed by atoms with Crippen LogP contribution in [0.1, 0.15) is 56.9 Å². The number of carbonyl (C=O) groups excluding carboxylic acids is 2. The Hall–Kier alpha value is -2.61. The highest BCUT2D eigenvalue weighted by atomic mass is 16.4. The Bertz CT molecular complexity index is 977. The quantitative estimate of drug-likeness (QED) is 0.627. The van der Waals surface area contributed by atoms with Gasteiger partial charge in [-0.2, -0.15) is 0 Å². The lowest BCUT2D eigenvalue weighted by atomic mass is 9.68. The topological polar surface area (TPSA) is 84.4 Å². The van der Waals surface area contributed by atoms with Gasteiger partial charge >= 0.3 is 12.0 Å². The molecule has 0 atom stereocenters. The molecule has 2 saturated carbocycles. The smallest absolute Gasteiger partial charge is 0.321 e. The molecule has 2 aliphatic heterocycles. The van der Waals surface area contributed by atoms with Crippen molar-refractivity contribution >= 4 is 17.9 Å². The molecule has 1 aromatic rings. The van der Waals surface area contributed by atoms with Crippen LogP contribution in [0.3, 0.4) is 0 Å². The Balaban J connectivity index is 1.30. The fourth-order valence-corrected chi connectivity index (χ4v) is 6.77.